The van der Waals surface area contributed by atoms with E-state index >= 15 is 0 Å². The monoisotopic (exact) mass is 238 g/mol. The van der Waals surface area contributed by atoms with E-state index in [-0.39, 0.29) is 5.60 Å². The SMILES string of the molecule is CNc1ccc(COCCOC(C)(C)C)cn1. The summed E-state index contributed by atoms with van der Waals surface area (Å²) in [7, 11) is 1.85. The fraction of sp³-hybridized carbons (Fsp3) is 0.615. The highest BCUT2D eigenvalue weighted by molar-refractivity contribution is 5.34. The largest absolute Gasteiger partial charge is 0.374 e. The maximum absolute atomic E-state index is 5.55. The Morgan fingerprint density at radius 2 is 2.00 bits per heavy atom. The van der Waals surface area contributed by atoms with Gasteiger partial charge in [0.25, 0.3) is 0 Å². The Bertz CT molecular complexity index is 317. The first-order valence-electron chi connectivity index (χ1n) is 5.85. The van der Waals surface area contributed by atoms with Crippen molar-refractivity contribution in [2.24, 2.45) is 0 Å². The smallest absolute Gasteiger partial charge is 0.125 e. The highest BCUT2D eigenvalue weighted by Gasteiger charge is 2.08. The average molecular weight is 238 g/mol. The highest BCUT2D eigenvalue weighted by atomic mass is 16.5. The minimum atomic E-state index is -0.0979. The fourth-order valence-corrected chi connectivity index (χ4v) is 1.25. The molecule has 0 amide bonds. The van der Waals surface area contributed by atoms with E-state index in [4.69, 9.17) is 9.47 Å². The van der Waals surface area contributed by atoms with Crippen LogP contribution in [0.5, 0.6) is 0 Å². The lowest BCUT2D eigenvalue weighted by molar-refractivity contribution is -0.0377. The number of ether oxygens (including phenoxy) is 2. The van der Waals surface area contributed by atoms with Gasteiger partial charge < -0.3 is 14.8 Å². The van der Waals surface area contributed by atoms with Gasteiger partial charge in [-0.25, -0.2) is 4.98 Å². The Kier molecular flexibility index (Phi) is 5.38. The van der Waals surface area contributed by atoms with Crippen LogP contribution in [0.3, 0.4) is 0 Å². The van der Waals surface area contributed by atoms with E-state index in [9.17, 15) is 0 Å². The molecule has 4 nitrogen and oxygen atoms in total. The molecule has 0 bridgehead atoms. The van der Waals surface area contributed by atoms with Gasteiger partial charge in [0.15, 0.2) is 0 Å². The molecule has 4 heteroatoms. The van der Waals surface area contributed by atoms with Gasteiger partial charge in [0.1, 0.15) is 5.82 Å². The Hall–Kier alpha value is -1.13. The van der Waals surface area contributed by atoms with E-state index in [1.807, 2.05) is 46.1 Å². The number of aromatic nitrogens is 1. The maximum Gasteiger partial charge on any atom is 0.125 e. The van der Waals surface area contributed by atoms with Crippen LogP contribution in [0.2, 0.25) is 0 Å². The zero-order valence-electron chi connectivity index (χ0n) is 11.1. The average Bonchev–Trinajstić information content (AvgIpc) is 2.28. The lowest BCUT2D eigenvalue weighted by atomic mass is 10.2. The highest BCUT2D eigenvalue weighted by Crippen LogP contribution is 2.07. The molecule has 0 aromatic carbocycles. The van der Waals surface area contributed by atoms with Crippen LogP contribution in [0, 0.1) is 0 Å². The van der Waals surface area contributed by atoms with Gasteiger partial charge in [-0.1, -0.05) is 6.07 Å². The van der Waals surface area contributed by atoms with Crippen LogP contribution in [0.25, 0.3) is 0 Å². The Morgan fingerprint density at radius 1 is 1.24 bits per heavy atom. The van der Waals surface area contributed by atoms with Gasteiger partial charge in [0.2, 0.25) is 0 Å². The van der Waals surface area contributed by atoms with E-state index in [1.54, 1.807) is 0 Å². The van der Waals surface area contributed by atoms with Crippen molar-refractivity contribution in [1.29, 1.82) is 0 Å². The zero-order valence-corrected chi connectivity index (χ0v) is 11.1. The molecule has 17 heavy (non-hydrogen) atoms. The summed E-state index contributed by atoms with van der Waals surface area (Å²) in [6.45, 7) is 7.90. The van der Waals surface area contributed by atoms with E-state index in [0.29, 0.717) is 19.8 Å². The van der Waals surface area contributed by atoms with Crippen molar-refractivity contribution in [1.82, 2.24) is 4.98 Å². The van der Waals surface area contributed by atoms with Crippen LogP contribution in [-0.2, 0) is 16.1 Å². The summed E-state index contributed by atoms with van der Waals surface area (Å²) in [6.07, 6.45) is 1.82. The summed E-state index contributed by atoms with van der Waals surface area (Å²) in [4.78, 5) is 4.21. The predicted molar refractivity (Wildman–Crippen MR) is 69.1 cm³/mol. The molecule has 0 saturated carbocycles. The van der Waals surface area contributed by atoms with Crippen molar-refractivity contribution in [3.05, 3.63) is 23.9 Å². The molecule has 1 aromatic rings. The molecule has 0 unspecified atom stereocenters. The van der Waals surface area contributed by atoms with Gasteiger partial charge in [-0.15, -0.1) is 0 Å². The molecule has 1 N–H and O–H groups in total. The van der Waals surface area contributed by atoms with Crippen LogP contribution in [0.4, 0.5) is 5.82 Å². The topological polar surface area (TPSA) is 43.4 Å². The van der Waals surface area contributed by atoms with Crippen molar-refractivity contribution in [3.63, 3.8) is 0 Å². The van der Waals surface area contributed by atoms with Crippen LogP contribution >= 0.6 is 0 Å². The molecule has 0 saturated heterocycles. The first kappa shape index (κ1) is 13.9. The number of hydrogen-bond donors (Lipinski definition) is 1. The van der Waals surface area contributed by atoms with E-state index < -0.39 is 0 Å². The number of hydrogen-bond acceptors (Lipinski definition) is 4. The quantitative estimate of drug-likeness (QED) is 0.773. The summed E-state index contributed by atoms with van der Waals surface area (Å²) in [6, 6.07) is 3.94. The van der Waals surface area contributed by atoms with Crippen molar-refractivity contribution in [3.8, 4) is 0 Å². The molecule has 0 spiro atoms. The first-order chi connectivity index (χ1) is 8.01. The van der Waals surface area contributed by atoms with Crippen LogP contribution < -0.4 is 5.32 Å². The number of nitrogens with zero attached hydrogens (tertiary/aromatic N) is 1. The fourth-order valence-electron chi connectivity index (χ4n) is 1.25. The van der Waals surface area contributed by atoms with E-state index in [0.717, 1.165) is 11.4 Å². The van der Waals surface area contributed by atoms with Crippen LogP contribution in [0.15, 0.2) is 18.3 Å². The Labute approximate surface area is 103 Å². The first-order valence-corrected chi connectivity index (χ1v) is 5.85. The van der Waals surface area contributed by atoms with Gasteiger partial charge in [-0.2, -0.15) is 0 Å². The van der Waals surface area contributed by atoms with Gasteiger partial charge in [-0.05, 0) is 32.4 Å². The molecular weight excluding hydrogens is 216 g/mol. The van der Waals surface area contributed by atoms with E-state index in [2.05, 4.69) is 10.3 Å². The molecule has 1 rings (SSSR count). The molecular formula is C13H22N2O2. The predicted octanol–water partition coefficient (Wildman–Crippen LogP) is 2.46. The van der Waals surface area contributed by atoms with E-state index in [1.165, 1.54) is 0 Å². The Morgan fingerprint density at radius 3 is 2.53 bits per heavy atom. The molecule has 0 aliphatic rings. The van der Waals surface area contributed by atoms with Crippen molar-refractivity contribution in [2.45, 2.75) is 33.0 Å². The molecule has 96 valence electrons. The zero-order chi connectivity index (χ0) is 12.7. The Balaban J connectivity index is 2.18. The summed E-state index contributed by atoms with van der Waals surface area (Å²) in [5.41, 5.74) is 0.971. The van der Waals surface area contributed by atoms with Gasteiger partial charge in [-0.3, -0.25) is 0 Å². The third-order valence-electron chi connectivity index (χ3n) is 2.11. The van der Waals surface area contributed by atoms with Crippen molar-refractivity contribution < 1.29 is 9.47 Å². The lowest BCUT2D eigenvalue weighted by Crippen LogP contribution is -2.21. The second-order valence-electron chi connectivity index (χ2n) is 4.82. The molecule has 0 aliphatic heterocycles. The van der Waals surface area contributed by atoms with Gasteiger partial charge in [0.05, 0.1) is 25.4 Å². The standard InChI is InChI=1S/C13H22N2O2/c1-13(2,3)17-8-7-16-10-11-5-6-12(14-4)15-9-11/h5-6,9H,7-8,10H2,1-4H3,(H,14,15). The normalized spacial score (nSPS) is 11.5. The van der Waals surface area contributed by atoms with Gasteiger partial charge >= 0.3 is 0 Å². The molecule has 0 fully saturated rings. The molecule has 0 radical (unpaired) electrons. The number of rotatable bonds is 6. The van der Waals surface area contributed by atoms with Crippen LogP contribution in [0.1, 0.15) is 26.3 Å². The van der Waals surface area contributed by atoms with Crippen molar-refractivity contribution in [2.75, 3.05) is 25.6 Å². The summed E-state index contributed by atoms with van der Waals surface area (Å²) in [5.74, 6) is 0.866. The summed E-state index contributed by atoms with van der Waals surface area (Å²) in [5, 5.41) is 2.98. The number of anilines is 1. The van der Waals surface area contributed by atoms with Crippen molar-refractivity contribution >= 4 is 5.82 Å². The lowest BCUT2D eigenvalue weighted by Gasteiger charge is -2.19. The summed E-state index contributed by atoms with van der Waals surface area (Å²) < 4.78 is 11.1. The molecule has 0 aliphatic carbocycles. The second-order valence-corrected chi connectivity index (χ2v) is 4.82. The number of pyridine rings is 1. The van der Waals surface area contributed by atoms with Crippen LogP contribution in [-0.4, -0.2) is 30.8 Å². The second kappa shape index (κ2) is 6.57. The third kappa shape index (κ3) is 6.24. The van der Waals surface area contributed by atoms with Gasteiger partial charge in [0, 0.05) is 13.2 Å². The molecule has 1 aromatic heterocycles. The maximum atomic E-state index is 5.55. The summed E-state index contributed by atoms with van der Waals surface area (Å²) >= 11 is 0. The molecule has 1 heterocycles. The molecule has 0 atom stereocenters. The minimum Gasteiger partial charge on any atom is -0.374 e. The minimum absolute atomic E-state index is 0.0979. The third-order valence-corrected chi connectivity index (χ3v) is 2.11. The number of nitrogens with one attached hydrogen (secondary N) is 1.